The molecular weight excluding hydrogens is 278 g/mol. The molecule has 3 rings (SSSR count). The van der Waals surface area contributed by atoms with Gasteiger partial charge in [0.15, 0.2) is 0 Å². The second kappa shape index (κ2) is 5.35. The molecule has 1 aromatic carbocycles. The second-order valence-corrected chi connectivity index (χ2v) is 7.34. The highest BCUT2D eigenvalue weighted by Gasteiger charge is 2.30. The van der Waals surface area contributed by atoms with Crippen LogP contribution in [0.4, 0.5) is 0 Å². The Labute approximate surface area is 119 Å². The highest BCUT2D eigenvalue weighted by atomic mass is 32.2. The van der Waals surface area contributed by atoms with E-state index in [9.17, 15) is 8.42 Å². The molecule has 0 aromatic heterocycles. The number of sulfonamides is 1. The quantitative estimate of drug-likeness (QED) is 0.904. The van der Waals surface area contributed by atoms with Crippen LogP contribution in [0.1, 0.15) is 18.4 Å². The smallest absolute Gasteiger partial charge is 0.243 e. The van der Waals surface area contributed by atoms with Gasteiger partial charge >= 0.3 is 0 Å². The number of fused-ring (bicyclic) bond motifs is 1. The van der Waals surface area contributed by atoms with Gasteiger partial charge in [-0.25, -0.2) is 8.42 Å². The summed E-state index contributed by atoms with van der Waals surface area (Å²) in [6.45, 7) is 1.74. The number of hydrogen-bond acceptors (Lipinski definition) is 4. The summed E-state index contributed by atoms with van der Waals surface area (Å²) in [5.74, 6) is 1.03. The molecule has 0 aliphatic carbocycles. The highest BCUT2D eigenvalue weighted by Crippen LogP contribution is 2.30. The van der Waals surface area contributed by atoms with Gasteiger partial charge in [-0.05, 0) is 42.5 Å². The van der Waals surface area contributed by atoms with E-state index in [1.807, 2.05) is 0 Å². The van der Waals surface area contributed by atoms with Crippen molar-refractivity contribution in [2.45, 2.75) is 24.2 Å². The number of nitrogens with zero attached hydrogens (tertiary/aromatic N) is 1. The Morgan fingerprint density at radius 3 is 2.75 bits per heavy atom. The Bertz CT molecular complexity index is 591. The van der Waals surface area contributed by atoms with Crippen LogP contribution in [-0.4, -0.2) is 44.1 Å². The van der Waals surface area contributed by atoms with E-state index in [1.54, 1.807) is 18.2 Å². The minimum absolute atomic E-state index is 0.143. The van der Waals surface area contributed by atoms with Crippen LogP contribution >= 0.6 is 0 Å². The number of aliphatic hydroxyl groups is 1. The van der Waals surface area contributed by atoms with E-state index in [-0.39, 0.29) is 12.5 Å². The zero-order valence-corrected chi connectivity index (χ0v) is 12.1. The number of ether oxygens (including phenoxy) is 1. The number of rotatable bonds is 3. The fraction of sp³-hybridized carbons (Fsp3) is 0.571. The molecule has 6 heteroatoms. The van der Waals surface area contributed by atoms with Crippen LogP contribution in [0.3, 0.4) is 0 Å². The Morgan fingerprint density at radius 2 is 2.05 bits per heavy atom. The topological polar surface area (TPSA) is 66.8 Å². The van der Waals surface area contributed by atoms with Crippen molar-refractivity contribution in [3.05, 3.63) is 23.8 Å². The third-order valence-corrected chi connectivity index (χ3v) is 6.03. The zero-order valence-electron chi connectivity index (χ0n) is 11.3. The molecule has 1 aromatic rings. The molecule has 0 amide bonds. The number of aliphatic hydroxyl groups excluding tert-OH is 1. The maximum absolute atomic E-state index is 12.6. The lowest BCUT2D eigenvalue weighted by Gasteiger charge is -2.30. The zero-order chi connectivity index (χ0) is 14.2. The molecule has 0 atom stereocenters. The molecular formula is C14H19NO4S. The van der Waals surface area contributed by atoms with Crippen LogP contribution in [0.15, 0.2) is 23.1 Å². The normalized spacial score (nSPS) is 20.6. The average Bonchev–Trinajstić information content (AvgIpc) is 2.94. The van der Waals surface area contributed by atoms with Crippen LogP contribution in [0.25, 0.3) is 0 Å². The monoisotopic (exact) mass is 297 g/mol. The first kappa shape index (κ1) is 13.9. The predicted octanol–water partition coefficient (Wildman–Crippen LogP) is 1.01. The Hall–Kier alpha value is -1.11. The summed E-state index contributed by atoms with van der Waals surface area (Å²) in [6.07, 6.45) is 2.22. The van der Waals surface area contributed by atoms with Gasteiger partial charge in [-0.2, -0.15) is 4.31 Å². The SMILES string of the molecule is O=S(=O)(c1ccc2c(c1)CCO2)N1CCC(CO)CC1. The third kappa shape index (κ3) is 2.43. The van der Waals surface area contributed by atoms with E-state index in [0.717, 1.165) is 30.6 Å². The van der Waals surface area contributed by atoms with Gasteiger partial charge in [-0.1, -0.05) is 0 Å². The molecule has 2 aliphatic rings. The lowest BCUT2D eigenvalue weighted by molar-refractivity contribution is 0.170. The maximum Gasteiger partial charge on any atom is 0.243 e. The Morgan fingerprint density at radius 1 is 1.30 bits per heavy atom. The van der Waals surface area contributed by atoms with E-state index in [1.165, 1.54) is 4.31 Å². The van der Waals surface area contributed by atoms with E-state index >= 15 is 0 Å². The van der Waals surface area contributed by atoms with Crippen LogP contribution in [0, 0.1) is 5.92 Å². The summed E-state index contributed by atoms with van der Waals surface area (Å²) in [5.41, 5.74) is 0.969. The van der Waals surface area contributed by atoms with Gasteiger partial charge in [0.2, 0.25) is 10.0 Å². The minimum atomic E-state index is -3.42. The van der Waals surface area contributed by atoms with Gasteiger partial charge in [0.05, 0.1) is 11.5 Å². The molecule has 0 saturated carbocycles. The van der Waals surface area contributed by atoms with E-state index in [2.05, 4.69) is 0 Å². The second-order valence-electron chi connectivity index (χ2n) is 5.40. The van der Waals surface area contributed by atoms with Gasteiger partial charge in [0.25, 0.3) is 0 Å². The molecule has 1 fully saturated rings. The van der Waals surface area contributed by atoms with Gasteiger partial charge < -0.3 is 9.84 Å². The van der Waals surface area contributed by atoms with Crippen molar-refractivity contribution in [1.29, 1.82) is 0 Å². The van der Waals surface area contributed by atoms with Crippen molar-refractivity contribution in [3.63, 3.8) is 0 Å². The van der Waals surface area contributed by atoms with E-state index in [0.29, 0.717) is 24.6 Å². The largest absolute Gasteiger partial charge is 0.493 e. The standard InChI is InChI=1S/C14H19NO4S/c16-10-11-3-6-15(7-4-11)20(17,18)13-1-2-14-12(9-13)5-8-19-14/h1-2,9,11,16H,3-8,10H2. The predicted molar refractivity (Wildman–Crippen MR) is 74.2 cm³/mol. The van der Waals surface area contributed by atoms with Crippen LogP contribution < -0.4 is 4.74 Å². The van der Waals surface area contributed by atoms with Crippen LogP contribution in [0.2, 0.25) is 0 Å². The molecule has 5 nitrogen and oxygen atoms in total. The van der Waals surface area contributed by atoms with Crippen molar-refractivity contribution in [3.8, 4) is 5.75 Å². The fourth-order valence-corrected chi connectivity index (χ4v) is 4.33. The molecule has 0 radical (unpaired) electrons. The van der Waals surface area contributed by atoms with Crippen molar-refractivity contribution >= 4 is 10.0 Å². The lowest BCUT2D eigenvalue weighted by atomic mass is 10.00. The van der Waals surface area contributed by atoms with Gasteiger partial charge in [0.1, 0.15) is 5.75 Å². The number of piperidine rings is 1. The van der Waals surface area contributed by atoms with E-state index < -0.39 is 10.0 Å². The van der Waals surface area contributed by atoms with Gasteiger partial charge in [0, 0.05) is 26.1 Å². The lowest BCUT2D eigenvalue weighted by Crippen LogP contribution is -2.39. The third-order valence-electron chi connectivity index (χ3n) is 4.13. The first-order valence-corrected chi connectivity index (χ1v) is 8.42. The number of benzene rings is 1. The number of hydrogen-bond donors (Lipinski definition) is 1. The average molecular weight is 297 g/mol. The summed E-state index contributed by atoms with van der Waals surface area (Å²) in [5, 5.41) is 9.12. The first-order chi connectivity index (χ1) is 9.61. The Balaban J connectivity index is 1.82. The molecule has 2 aliphatic heterocycles. The van der Waals surface area contributed by atoms with Crippen molar-refractivity contribution < 1.29 is 18.3 Å². The summed E-state index contributed by atoms with van der Waals surface area (Å²) in [6, 6.07) is 5.10. The summed E-state index contributed by atoms with van der Waals surface area (Å²) in [7, 11) is -3.42. The Kier molecular flexibility index (Phi) is 3.70. The molecule has 2 heterocycles. The molecule has 20 heavy (non-hydrogen) atoms. The van der Waals surface area contributed by atoms with E-state index in [4.69, 9.17) is 9.84 Å². The summed E-state index contributed by atoms with van der Waals surface area (Å²) in [4.78, 5) is 0.351. The molecule has 110 valence electrons. The van der Waals surface area contributed by atoms with Crippen molar-refractivity contribution in [1.82, 2.24) is 4.31 Å². The molecule has 0 bridgehead atoms. The molecule has 1 N–H and O–H groups in total. The molecule has 0 unspecified atom stereocenters. The summed E-state index contributed by atoms with van der Waals surface area (Å²) >= 11 is 0. The van der Waals surface area contributed by atoms with Crippen molar-refractivity contribution in [2.75, 3.05) is 26.3 Å². The van der Waals surface area contributed by atoms with Crippen molar-refractivity contribution in [2.24, 2.45) is 5.92 Å². The van der Waals surface area contributed by atoms with Gasteiger partial charge in [-0.3, -0.25) is 0 Å². The summed E-state index contributed by atoms with van der Waals surface area (Å²) < 4.78 is 32.1. The molecule has 0 spiro atoms. The minimum Gasteiger partial charge on any atom is -0.493 e. The molecule has 1 saturated heterocycles. The van der Waals surface area contributed by atoms with Crippen LogP contribution in [0.5, 0.6) is 5.75 Å². The van der Waals surface area contributed by atoms with Gasteiger partial charge in [-0.15, -0.1) is 0 Å². The van der Waals surface area contributed by atoms with Crippen LogP contribution in [-0.2, 0) is 16.4 Å². The highest BCUT2D eigenvalue weighted by molar-refractivity contribution is 7.89. The first-order valence-electron chi connectivity index (χ1n) is 6.98. The fourth-order valence-electron chi connectivity index (χ4n) is 2.80. The maximum atomic E-state index is 12.6.